The number of ketones is 3. The topological polar surface area (TPSA) is 60.4 Å². The molecule has 1 aromatic rings. The van der Waals surface area contributed by atoms with Gasteiger partial charge in [0.15, 0.2) is 5.78 Å². The van der Waals surface area contributed by atoms with Crippen molar-refractivity contribution in [2.45, 2.75) is 39.0 Å². The first-order valence-corrected chi connectivity index (χ1v) is 8.00. The summed E-state index contributed by atoms with van der Waals surface area (Å²) in [5.74, 6) is -0.706. The molecule has 1 aromatic carbocycles. The Kier molecular flexibility index (Phi) is 2.75. The Morgan fingerprint density at radius 1 is 1.09 bits per heavy atom. The van der Waals surface area contributed by atoms with E-state index in [0.29, 0.717) is 35.5 Å². The van der Waals surface area contributed by atoms with Gasteiger partial charge in [-0.2, -0.15) is 0 Å². The third-order valence-electron chi connectivity index (χ3n) is 5.33. The molecular weight excluding hydrogens is 292 g/mol. The molecule has 0 saturated carbocycles. The van der Waals surface area contributed by atoms with Crippen LogP contribution >= 0.6 is 0 Å². The Morgan fingerprint density at radius 2 is 1.83 bits per heavy atom. The Hall–Kier alpha value is -2.23. The van der Waals surface area contributed by atoms with Gasteiger partial charge in [-0.1, -0.05) is 32.9 Å². The van der Waals surface area contributed by atoms with Gasteiger partial charge in [-0.15, -0.1) is 0 Å². The summed E-state index contributed by atoms with van der Waals surface area (Å²) in [5.41, 5.74) is 2.46. The first kappa shape index (κ1) is 14.4. The van der Waals surface area contributed by atoms with Gasteiger partial charge in [0.2, 0.25) is 11.6 Å². The molecule has 1 heterocycles. The smallest absolute Gasteiger partial charge is 0.234 e. The van der Waals surface area contributed by atoms with Crippen molar-refractivity contribution in [2.75, 3.05) is 6.61 Å². The van der Waals surface area contributed by atoms with Gasteiger partial charge in [-0.05, 0) is 17.4 Å². The van der Waals surface area contributed by atoms with E-state index in [4.69, 9.17) is 4.74 Å². The minimum atomic E-state index is -0.556. The van der Waals surface area contributed by atoms with Crippen molar-refractivity contribution in [3.63, 3.8) is 0 Å². The highest BCUT2D eigenvalue weighted by molar-refractivity contribution is 6.53. The molecule has 0 amide bonds. The standard InChI is InChI=1S/C19H18O4/c1-9-8-23-18-10-4-5-11-15(12(20)6-7-19(11,2)3)14(10)17(22)16(21)13(9)18/h4-5,9H,6-8H2,1-3H3/t9-/m0/s1. The number of fused-ring (bicyclic) bond motifs is 4. The van der Waals surface area contributed by atoms with Crippen LogP contribution in [-0.4, -0.2) is 24.0 Å². The predicted octanol–water partition coefficient (Wildman–Crippen LogP) is 3.08. The third kappa shape index (κ3) is 1.75. The molecule has 1 aliphatic heterocycles. The van der Waals surface area contributed by atoms with E-state index in [1.807, 2.05) is 19.1 Å². The van der Waals surface area contributed by atoms with Gasteiger partial charge in [-0.3, -0.25) is 14.4 Å². The maximum absolute atomic E-state index is 12.7. The van der Waals surface area contributed by atoms with Crippen molar-refractivity contribution in [2.24, 2.45) is 5.92 Å². The minimum Gasteiger partial charge on any atom is -0.492 e. The lowest BCUT2D eigenvalue weighted by molar-refractivity contribution is -0.112. The van der Waals surface area contributed by atoms with E-state index in [1.165, 1.54) is 0 Å². The van der Waals surface area contributed by atoms with Gasteiger partial charge >= 0.3 is 0 Å². The average molecular weight is 310 g/mol. The van der Waals surface area contributed by atoms with Gasteiger partial charge in [0.25, 0.3) is 0 Å². The number of ether oxygens (including phenoxy) is 1. The molecule has 0 N–H and O–H groups in total. The molecule has 0 saturated heterocycles. The van der Waals surface area contributed by atoms with Crippen LogP contribution in [0.15, 0.2) is 17.7 Å². The monoisotopic (exact) mass is 310 g/mol. The SMILES string of the molecule is C[C@H]1COC2=C1C(=O)C(=O)c1c2ccc2c1C(=O)CCC2(C)C. The van der Waals surface area contributed by atoms with Crippen molar-refractivity contribution in [1.82, 2.24) is 0 Å². The molecule has 0 aromatic heterocycles. The Balaban J connectivity index is 2.07. The number of carbonyl (C=O) groups is 3. The largest absolute Gasteiger partial charge is 0.492 e. The summed E-state index contributed by atoms with van der Waals surface area (Å²) in [5, 5.41) is 0. The number of hydrogen-bond acceptors (Lipinski definition) is 4. The maximum atomic E-state index is 12.7. The van der Waals surface area contributed by atoms with Crippen LogP contribution in [0.4, 0.5) is 0 Å². The van der Waals surface area contributed by atoms with Gasteiger partial charge < -0.3 is 4.74 Å². The Morgan fingerprint density at radius 3 is 2.57 bits per heavy atom. The minimum absolute atomic E-state index is 0.0487. The van der Waals surface area contributed by atoms with E-state index < -0.39 is 11.6 Å². The molecule has 4 rings (SSSR count). The predicted molar refractivity (Wildman–Crippen MR) is 84.4 cm³/mol. The fourth-order valence-electron chi connectivity index (χ4n) is 3.95. The number of benzene rings is 1. The highest BCUT2D eigenvalue weighted by Crippen LogP contribution is 2.45. The normalized spacial score (nSPS) is 25.0. The molecule has 118 valence electrons. The zero-order chi connectivity index (χ0) is 16.5. The van der Waals surface area contributed by atoms with E-state index in [2.05, 4.69) is 13.8 Å². The first-order valence-electron chi connectivity index (χ1n) is 8.00. The quantitative estimate of drug-likeness (QED) is 0.691. The van der Waals surface area contributed by atoms with Gasteiger partial charge in [-0.25, -0.2) is 0 Å². The van der Waals surface area contributed by atoms with Crippen LogP contribution in [0.3, 0.4) is 0 Å². The zero-order valence-electron chi connectivity index (χ0n) is 13.5. The second-order valence-corrected chi connectivity index (χ2v) is 7.33. The van der Waals surface area contributed by atoms with Crippen LogP contribution in [0.25, 0.3) is 5.76 Å². The second-order valence-electron chi connectivity index (χ2n) is 7.33. The molecular formula is C19H18O4. The van der Waals surface area contributed by atoms with Crippen LogP contribution in [0.2, 0.25) is 0 Å². The summed E-state index contributed by atoms with van der Waals surface area (Å²) in [7, 11) is 0. The summed E-state index contributed by atoms with van der Waals surface area (Å²) in [6.07, 6.45) is 1.16. The summed E-state index contributed by atoms with van der Waals surface area (Å²) in [6.45, 7) is 6.42. The van der Waals surface area contributed by atoms with Gasteiger partial charge in [0.1, 0.15) is 5.76 Å². The lowest BCUT2D eigenvalue weighted by Gasteiger charge is -2.34. The van der Waals surface area contributed by atoms with Crippen LogP contribution < -0.4 is 0 Å². The van der Waals surface area contributed by atoms with Crippen molar-refractivity contribution in [3.8, 4) is 0 Å². The lowest BCUT2D eigenvalue weighted by atomic mass is 9.68. The molecule has 23 heavy (non-hydrogen) atoms. The molecule has 0 spiro atoms. The van der Waals surface area contributed by atoms with Crippen LogP contribution in [0.5, 0.6) is 0 Å². The molecule has 3 aliphatic rings. The molecule has 0 radical (unpaired) electrons. The molecule has 0 unspecified atom stereocenters. The van der Waals surface area contributed by atoms with Crippen LogP contribution in [-0.2, 0) is 14.9 Å². The molecule has 0 bridgehead atoms. The van der Waals surface area contributed by atoms with E-state index in [1.54, 1.807) is 0 Å². The molecule has 4 nitrogen and oxygen atoms in total. The van der Waals surface area contributed by atoms with Gasteiger partial charge in [0.05, 0.1) is 12.2 Å². The van der Waals surface area contributed by atoms with Crippen molar-refractivity contribution < 1.29 is 19.1 Å². The highest BCUT2D eigenvalue weighted by atomic mass is 16.5. The average Bonchev–Trinajstić information content (AvgIpc) is 2.90. The fraction of sp³-hybridized carbons (Fsp3) is 0.421. The van der Waals surface area contributed by atoms with E-state index >= 15 is 0 Å². The Labute approximate surface area is 134 Å². The second kappa shape index (κ2) is 4.40. The molecule has 2 aliphatic carbocycles. The van der Waals surface area contributed by atoms with E-state index in [-0.39, 0.29) is 22.7 Å². The molecule has 4 heteroatoms. The molecule has 1 atom stereocenters. The van der Waals surface area contributed by atoms with Crippen LogP contribution in [0.1, 0.15) is 65.5 Å². The fourth-order valence-corrected chi connectivity index (χ4v) is 3.95. The van der Waals surface area contributed by atoms with Gasteiger partial charge in [0, 0.05) is 29.0 Å². The third-order valence-corrected chi connectivity index (χ3v) is 5.33. The number of Topliss-reactive ketones (excluding diaryl/α,β-unsaturated/α-hetero) is 3. The number of hydrogen-bond donors (Lipinski definition) is 0. The maximum Gasteiger partial charge on any atom is 0.234 e. The lowest BCUT2D eigenvalue weighted by Crippen LogP contribution is -2.33. The number of carbonyl (C=O) groups excluding carboxylic acids is 3. The zero-order valence-corrected chi connectivity index (χ0v) is 13.5. The van der Waals surface area contributed by atoms with Crippen molar-refractivity contribution in [1.29, 1.82) is 0 Å². The number of rotatable bonds is 0. The summed E-state index contributed by atoms with van der Waals surface area (Å²) in [6, 6.07) is 3.76. The molecule has 0 fully saturated rings. The van der Waals surface area contributed by atoms with Crippen molar-refractivity contribution in [3.05, 3.63) is 40.0 Å². The van der Waals surface area contributed by atoms with E-state index in [9.17, 15) is 14.4 Å². The summed E-state index contributed by atoms with van der Waals surface area (Å²) in [4.78, 5) is 37.8. The first-order chi connectivity index (χ1) is 10.8. The van der Waals surface area contributed by atoms with Crippen LogP contribution in [0, 0.1) is 5.92 Å². The Bertz CT molecular complexity index is 826. The highest BCUT2D eigenvalue weighted by Gasteiger charge is 2.44. The van der Waals surface area contributed by atoms with Crippen molar-refractivity contribution >= 4 is 23.1 Å². The van der Waals surface area contributed by atoms with E-state index in [0.717, 1.165) is 12.0 Å². The summed E-state index contributed by atoms with van der Waals surface area (Å²) >= 11 is 0. The summed E-state index contributed by atoms with van der Waals surface area (Å²) < 4.78 is 5.69.